The SMILES string of the molecule is O=C(COc1ccccc1)NC1C(=O)N2C(C(=O)O)=C(CSc3cnccn3)CS[C@H]12. The van der Waals surface area contributed by atoms with Gasteiger partial charge in [-0.2, -0.15) is 0 Å². The highest BCUT2D eigenvalue weighted by atomic mass is 32.2. The minimum absolute atomic E-state index is 0.0174. The van der Waals surface area contributed by atoms with Gasteiger partial charge in [0.1, 0.15) is 27.9 Å². The second-order valence-corrected chi connectivity index (χ2v) is 8.75. The van der Waals surface area contributed by atoms with Gasteiger partial charge in [-0.1, -0.05) is 18.2 Å². The number of para-hydroxylation sites is 1. The van der Waals surface area contributed by atoms with Crippen molar-refractivity contribution in [3.05, 3.63) is 60.2 Å². The van der Waals surface area contributed by atoms with Gasteiger partial charge in [0.05, 0.1) is 6.20 Å². The molecule has 0 bridgehead atoms. The van der Waals surface area contributed by atoms with Crippen LogP contribution in [0.1, 0.15) is 0 Å². The zero-order valence-corrected chi connectivity index (χ0v) is 17.8. The van der Waals surface area contributed by atoms with Crippen LogP contribution in [-0.4, -0.2) is 67.3 Å². The Labute approximate surface area is 186 Å². The molecule has 2 aliphatic rings. The molecule has 0 saturated carbocycles. The van der Waals surface area contributed by atoms with Gasteiger partial charge in [0.2, 0.25) is 0 Å². The number of β-lactam (4-membered cyclic amide) rings is 1. The first-order valence-corrected chi connectivity index (χ1v) is 11.3. The summed E-state index contributed by atoms with van der Waals surface area (Å²) in [4.78, 5) is 46.2. The number of aromatic nitrogens is 2. The minimum atomic E-state index is -1.16. The molecule has 31 heavy (non-hydrogen) atoms. The summed E-state index contributed by atoms with van der Waals surface area (Å²) in [5, 5.41) is 12.6. The lowest BCUT2D eigenvalue weighted by Crippen LogP contribution is -2.70. The quantitative estimate of drug-likeness (QED) is 0.446. The molecule has 1 aromatic carbocycles. The van der Waals surface area contributed by atoms with Crippen LogP contribution in [0.5, 0.6) is 5.75 Å². The standard InChI is InChI=1S/C20H18N4O5S2/c25-14(9-29-13-4-2-1-3-5-13)23-16-18(26)24-17(20(27)28)12(11-31-19(16)24)10-30-15-8-21-6-7-22-15/h1-8,16,19H,9-11H2,(H,23,25)(H,27,28)/t16?,19-/m1/s1. The van der Waals surface area contributed by atoms with Crippen LogP contribution < -0.4 is 10.1 Å². The predicted molar refractivity (Wildman–Crippen MR) is 114 cm³/mol. The number of amides is 2. The Morgan fingerprint density at radius 3 is 2.81 bits per heavy atom. The lowest BCUT2D eigenvalue weighted by molar-refractivity contribution is -0.150. The molecule has 3 heterocycles. The molecule has 2 amide bonds. The lowest BCUT2D eigenvalue weighted by Gasteiger charge is -2.49. The second kappa shape index (κ2) is 9.40. The van der Waals surface area contributed by atoms with E-state index in [2.05, 4.69) is 15.3 Å². The van der Waals surface area contributed by atoms with Gasteiger partial charge < -0.3 is 15.2 Å². The molecule has 2 atom stereocenters. The molecule has 0 aliphatic carbocycles. The van der Waals surface area contributed by atoms with Crippen LogP contribution >= 0.6 is 23.5 Å². The number of nitrogens with zero attached hydrogens (tertiary/aromatic N) is 3. The zero-order chi connectivity index (χ0) is 21.8. The van der Waals surface area contributed by atoms with E-state index in [9.17, 15) is 19.5 Å². The van der Waals surface area contributed by atoms with Crippen molar-refractivity contribution in [2.45, 2.75) is 16.4 Å². The van der Waals surface area contributed by atoms with Gasteiger partial charge in [0, 0.05) is 23.9 Å². The third kappa shape index (κ3) is 4.67. The predicted octanol–water partition coefficient (Wildman–Crippen LogP) is 1.39. The fraction of sp³-hybridized carbons (Fsp3) is 0.250. The lowest BCUT2D eigenvalue weighted by atomic mass is 10.0. The van der Waals surface area contributed by atoms with E-state index < -0.39 is 29.2 Å². The summed E-state index contributed by atoms with van der Waals surface area (Å²) in [5.74, 6) is -0.669. The molecule has 2 aromatic rings. The summed E-state index contributed by atoms with van der Waals surface area (Å²) in [5.41, 5.74) is 0.617. The van der Waals surface area contributed by atoms with Gasteiger partial charge in [0.15, 0.2) is 6.61 Å². The Kier molecular flexibility index (Phi) is 6.42. The zero-order valence-electron chi connectivity index (χ0n) is 16.1. The first-order valence-electron chi connectivity index (χ1n) is 9.30. The molecule has 4 rings (SSSR count). The number of fused-ring (bicyclic) bond motifs is 1. The van der Waals surface area contributed by atoms with E-state index in [1.54, 1.807) is 42.9 Å². The molecule has 1 fully saturated rings. The number of hydrogen-bond acceptors (Lipinski definition) is 8. The Morgan fingerprint density at radius 2 is 2.10 bits per heavy atom. The smallest absolute Gasteiger partial charge is 0.352 e. The Bertz CT molecular complexity index is 1020. The summed E-state index contributed by atoms with van der Waals surface area (Å²) in [6.07, 6.45) is 4.72. The number of carboxylic acid groups (broad SMARTS) is 1. The molecule has 0 spiro atoms. The van der Waals surface area contributed by atoms with Crippen molar-refractivity contribution < 1.29 is 24.2 Å². The number of ether oxygens (including phenoxy) is 1. The Hall–Kier alpha value is -3.05. The molecule has 9 nitrogen and oxygen atoms in total. The minimum Gasteiger partial charge on any atom is -0.484 e. The largest absolute Gasteiger partial charge is 0.484 e. The maximum Gasteiger partial charge on any atom is 0.352 e. The molecule has 2 aliphatic heterocycles. The number of carbonyl (C=O) groups excluding carboxylic acids is 2. The molecule has 0 radical (unpaired) electrons. The van der Waals surface area contributed by atoms with Crippen molar-refractivity contribution in [2.24, 2.45) is 0 Å². The highest BCUT2D eigenvalue weighted by molar-refractivity contribution is 8.01. The van der Waals surface area contributed by atoms with Gasteiger partial charge in [-0.3, -0.25) is 19.5 Å². The van der Waals surface area contributed by atoms with Crippen LogP contribution in [0.25, 0.3) is 0 Å². The molecule has 1 aromatic heterocycles. The third-order valence-electron chi connectivity index (χ3n) is 4.61. The average Bonchev–Trinajstić information content (AvgIpc) is 2.80. The summed E-state index contributed by atoms with van der Waals surface area (Å²) in [6.45, 7) is -0.229. The van der Waals surface area contributed by atoms with E-state index in [0.717, 1.165) is 0 Å². The second-order valence-electron chi connectivity index (χ2n) is 6.65. The van der Waals surface area contributed by atoms with Crippen molar-refractivity contribution in [1.29, 1.82) is 0 Å². The van der Waals surface area contributed by atoms with Crippen molar-refractivity contribution in [1.82, 2.24) is 20.2 Å². The van der Waals surface area contributed by atoms with Crippen LogP contribution in [0.15, 0.2) is 65.2 Å². The normalized spacial score (nSPS) is 20.0. The highest BCUT2D eigenvalue weighted by Crippen LogP contribution is 2.41. The van der Waals surface area contributed by atoms with Crippen LogP contribution in [-0.2, 0) is 14.4 Å². The summed E-state index contributed by atoms with van der Waals surface area (Å²) in [6, 6.07) is 8.09. The van der Waals surface area contributed by atoms with Gasteiger partial charge in [-0.25, -0.2) is 9.78 Å². The van der Waals surface area contributed by atoms with E-state index in [4.69, 9.17) is 4.74 Å². The van der Waals surface area contributed by atoms with E-state index in [1.807, 2.05) is 6.07 Å². The first-order chi connectivity index (χ1) is 15.0. The highest BCUT2D eigenvalue weighted by Gasteiger charge is 2.54. The molecule has 2 N–H and O–H groups in total. The van der Waals surface area contributed by atoms with E-state index in [-0.39, 0.29) is 12.3 Å². The summed E-state index contributed by atoms with van der Waals surface area (Å²) >= 11 is 2.78. The molecule has 11 heteroatoms. The maximum atomic E-state index is 12.7. The molecule has 160 valence electrons. The topological polar surface area (TPSA) is 122 Å². The van der Waals surface area contributed by atoms with E-state index in [0.29, 0.717) is 27.9 Å². The van der Waals surface area contributed by atoms with E-state index >= 15 is 0 Å². The summed E-state index contributed by atoms with van der Waals surface area (Å²) < 4.78 is 5.40. The number of rotatable bonds is 8. The van der Waals surface area contributed by atoms with Crippen molar-refractivity contribution in [3.8, 4) is 5.75 Å². The van der Waals surface area contributed by atoms with E-state index in [1.165, 1.54) is 28.4 Å². The number of benzene rings is 1. The molecular weight excluding hydrogens is 440 g/mol. The first kappa shape index (κ1) is 21.2. The number of carboxylic acids is 1. The number of carbonyl (C=O) groups is 3. The fourth-order valence-corrected chi connectivity index (χ4v) is 5.50. The number of nitrogens with one attached hydrogen (secondary N) is 1. The number of thioether (sulfide) groups is 2. The van der Waals surface area contributed by atoms with Crippen LogP contribution in [0.4, 0.5) is 0 Å². The molecule has 1 saturated heterocycles. The van der Waals surface area contributed by atoms with Crippen LogP contribution in [0.3, 0.4) is 0 Å². The molecular formula is C20H18N4O5S2. The monoisotopic (exact) mass is 458 g/mol. The Balaban J connectivity index is 1.38. The Morgan fingerprint density at radius 1 is 1.29 bits per heavy atom. The van der Waals surface area contributed by atoms with Gasteiger partial charge in [-0.15, -0.1) is 23.5 Å². The van der Waals surface area contributed by atoms with Crippen LogP contribution in [0.2, 0.25) is 0 Å². The third-order valence-corrected chi connectivity index (χ3v) is 6.95. The van der Waals surface area contributed by atoms with Crippen molar-refractivity contribution >= 4 is 41.3 Å². The van der Waals surface area contributed by atoms with Crippen LogP contribution in [0, 0.1) is 0 Å². The van der Waals surface area contributed by atoms with Crippen molar-refractivity contribution in [3.63, 3.8) is 0 Å². The number of aliphatic carboxylic acids is 1. The molecule has 1 unspecified atom stereocenters. The summed E-state index contributed by atoms with van der Waals surface area (Å²) in [7, 11) is 0. The fourth-order valence-electron chi connectivity index (χ4n) is 3.20. The van der Waals surface area contributed by atoms with Crippen molar-refractivity contribution in [2.75, 3.05) is 18.1 Å². The number of hydrogen-bond donors (Lipinski definition) is 2. The van der Waals surface area contributed by atoms with Gasteiger partial charge in [0.25, 0.3) is 11.8 Å². The maximum absolute atomic E-state index is 12.7. The van der Waals surface area contributed by atoms with Gasteiger partial charge in [-0.05, 0) is 17.7 Å². The average molecular weight is 459 g/mol. The van der Waals surface area contributed by atoms with Gasteiger partial charge >= 0.3 is 5.97 Å².